The standard InChI is InChI=1S/C33H28ClF3IN3/c1-20-17-24(19-40-13-15-41(16-14-40)29-18-27(35)31(36)21(2)32(29)37)33(39-20,23-8-10-25(34)11-9-23)30-26-6-4-3-5-22(26)7-12-28(30)38/h3-12,17-18H,13-16,19H2,1-2H3. The fourth-order valence-electron chi connectivity index (χ4n) is 6.13. The third kappa shape index (κ3) is 4.96. The summed E-state index contributed by atoms with van der Waals surface area (Å²) in [7, 11) is 0. The maximum Gasteiger partial charge on any atom is 0.164 e. The van der Waals surface area contributed by atoms with Gasteiger partial charge in [-0.2, -0.15) is 0 Å². The Morgan fingerprint density at radius 3 is 2.34 bits per heavy atom. The summed E-state index contributed by atoms with van der Waals surface area (Å²) in [5, 5.41) is 2.96. The molecule has 3 nitrogen and oxygen atoms in total. The van der Waals surface area contributed by atoms with E-state index in [9.17, 15) is 13.2 Å². The molecule has 8 heteroatoms. The van der Waals surface area contributed by atoms with Crippen LogP contribution in [0.5, 0.6) is 0 Å². The van der Waals surface area contributed by atoms with Crippen molar-refractivity contribution >= 4 is 56.4 Å². The van der Waals surface area contributed by atoms with E-state index in [-0.39, 0.29) is 11.3 Å². The molecule has 0 amide bonds. The van der Waals surface area contributed by atoms with E-state index in [1.54, 1.807) is 4.90 Å². The Hall–Kier alpha value is -2.88. The van der Waals surface area contributed by atoms with E-state index in [4.69, 9.17) is 16.6 Å². The monoisotopic (exact) mass is 685 g/mol. The minimum absolute atomic E-state index is 0.112. The molecule has 1 atom stereocenters. The minimum atomic E-state index is -1.13. The number of benzene rings is 4. The molecule has 0 bridgehead atoms. The number of hydrogen-bond donors (Lipinski definition) is 0. The van der Waals surface area contributed by atoms with Gasteiger partial charge in [-0.25, -0.2) is 13.2 Å². The van der Waals surface area contributed by atoms with Crippen LogP contribution in [0.2, 0.25) is 5.02 Å². The van der Waals surface area contributed by atoms with Gasteiger partial charge in [-0.15, -0.1) is 0 Å². The van der Waals surface area contributed by atoms with Gasteiger partial charge in [0.25, 0.3) is 0 Å². The molecule has 41 heavy (non-hydrogen) atoms. The molecule has 1 fully saturated rings. The molecule has 0 aliphatic carbocycles. The zero-order valence-corrected chi connectivity index (χ0v) is 25.6. The van der Waals surface area contributed by atoms with Gasteiger partial charge in [0.05, 0.1) is 5.69 Å². The van der Waals surface area contributed by atoms with E-state index >= 15 is 0 Å². The highest BCUT2D eigenvalue weighted by molar-refractivity contribution is 14.1. The van der Waals surface area contributed by atoms with E-state index < -0.39 is 23.0 Å². The molecule has 4 aromatic carbocycles. The van der Waals surface area contributed by atoms with Crippen molar-refractivity contribution in [2.45, 2.75) is 19.4 Å². The van der Waals surface area contributed by atoms with Gasteiger partial charge in [0.1, 0.15) is 5.54 Å². The third-order valence-electron chi connectivity index (χ3n) is 8.16. The molecular formula is C33H28ClF3IN3. The van der Waals surface area contributed by atoms with Crippen LogP contribution in [-0.2, 0) is 5.54 Å². The van der Waals surface area contributed by atoms with E-state index in [0.29, 0.717) is 37.7 Å². The van der Waals surface area contributed by atoms with Crippen LogP contribution in [0.1, 0.15) is 23.6 Å². The largest absolute Gasteiger partial charge is 0.367 e. The molecule has 0 N–H and O–H groups in total. The Labute approximate surface area is 256 Å². The van der Waals surface area contributed by atoms with Crippen LogP contribution in [0.3, 0.4) is 0 Å². The lowest BCUT2D eigenvalue weighted by molar-refractivity contribution is 0.269. The molecular weight excluding hydrogens is 658 g/mol. The predicted octanol–water partition coefficient (Wildman–Crippen LogP) is 8.29. The van der Waals surface area contributed by atoms with Crippen LogP contribution in [0.25, 0.3) is 10.8 Å². The van der Waals surface area contributed by atoms with Gasteiger partial charge in [0.2, 0.25) is 0 Å². The molecule has 6 rings (SSSR count). The van der Waals surface area contributed by atoms with E-state index in [2.05, 4.69) is 76.0 Å². The molecule has 1 unspecified atom stereocenters. The van der Waals surface area contributed by atoms with E-state index in [1.165, 1.54) is 6.92 Å². The van der Waals surface area contributed by atoms with Gasteiger partial charge in [-0.05, 0) is 82.6 Å². The van der Waals surface area contributed by atoms with Gasteiger partial charge < -0.3 is 4.90 Å². The lowest BCUT2D eigenvalue weighted by Crippen LogP contribution is -2.48. The zero-order valence-electron chi connectivity index (χ0n) is 22.7. The Morgan fingerprint density at radius 1 is 0.902 bits per heavy atom. The summed E-state index contributed by atoms with van der Waals surface area (Å²) in [6.45, 7) is 6.21. The first-order valence-electron chi connectivity index (χ1n) is 13.5. The molecule has 0 saturated carbocycles. The van der Waals surface area contributed by atoms with Crippen LogP contribution in [0.4, 0.5) is 18.9 Å². The average Bonchev–Trinajstić information content (AvgIpc) is 3.30. The number of halogens is 5. The maximum atomic E-state index is 14.9. The SMILES string of the molecule is CC1=NC(c2ccc(Cl)cc2)(c2c(I)ccc3ccccc23)C(CN2CCN(c3cc(F)c(F)c(C)c3F)CC2)=C1. The third-order valence-corrected chi connectivity index (χ3v) is 9.31. The topological polar surface area (TPSA) is 18.8 Å². The van der Waals surface area contributed by atoms with Crippen LogP contribution in [-0.4, -0.2) is 43.3 Å². The maximum absolute atomic E-state index is 14.9. The summed E-state index contributed by atoms with van der Waals surface area (Å²) in [5.74, 6) is -2.86. The number of anilines is 1. The molecule has 2 aliphatic rings. The van der Waals surface area contributed by atoms with Crippen molar-refractivity contribution in [3.05, 3.63) is 121 Å². The van der Waals surface area contributed by atoms with E-state index in [1.807, 2.05) is 25.1 Å². The molecule has 4 aromatic rings. The summed E-state index contributed by atoms with van der Waals surface area (Å²) in [5.41, 5.74) is 3.35. The van der Waals surface area contributed by atoms with Crippen molar-refractivity contribution in [3.63, 3.8) is 0 Å². The van der Waals surface area contributed by atoms with Crippen molar-refractivity contribution < 1.29 is 13.2 Å². The van der Waals surface area contributed by atoms with Crippen LogP contribution in [0.15, 0.2) is 83.4 Å². The van der Waals surface area contributed by atoms with Gasteiger partial charge in [-0.3, -0.25) is 9.89 Å². The molecule has 2 aliphatic heterocycles. The summed E-state index contributed by atoms with van der Waals surface area (Å²) in [6.07, 6.45) is 2.18. The fourth-order valence-corrected chi connectivity index (χ4v) is 7.12. The normalized spacial score (nSPS) is 19.5. The molecule has 0 radical (unpaired) electrons. The highest BCUT2D eigenvalue weighted by Gasteiger charge is 2.44. The Bertz CT molecular complexity index is 1710. The molecule has 2 heterocycles. The number of rotatable bonds is 5. The van der Waals surface area contributed by atoms with Crippen molar-refractivity contribution in [3.8, 4) is 0 Å². The Kier molecular flexibility index (Phi) is 7.63. The van der Waals surface area contributed by atoms with Crippen LogP contribution in [0, 0.1) is 27.9 Å². The van der Waals surface area contributed by atoms with Crippen molar-refractivity contribution in [1.29, 1.82) is 0 Å². The second-order valence-electron chi connectivity index (χ2n) is 10.7. The van der Waals surface area contributed by atoms with E-state index in [0.717, 1.165) is 42.8 Å². The lowest BCUT2D eigenvalue weighted by atomic mass is 9.76. The number of nitrogens with zero attached hydrogens (tertiary/aromatic N) is 3. The first kappa shape index (κ1) is 28.2. The number of allylic oxidation sites excluding steroid dienone is 1. The quantitative estimate of drug-likeness (QED) is 0.156. The van der Waals surface area contributed by atoms with Crippen molar-refractivity contribution in [2.24, 2.45) is 4.99 Å². The molecule has 0 spiro atoms. The summed E-state index contributed by atoms with van der Waals surface area (Å²) in [4.78, 5) is 9.48. The Balaban J connectivity index is 1.37. The summed E-state index contributed by atoms with van der Waals surface area (Å²) >= 11 is 8.74. The first-order valence-corrected chi connectivity index (χ1v) is 15.0. The van der Waals surface area contributed by atoms with Gasteiger partial charge in [0, 0.05) is 64.2 Å². The molecule has 1 saturated heterocycles. The average molecular weight is 686 g/mol. The van der Waals surface area contributed by atoms with Crippen molar-refractivity contribution in [1.82, 2.24) is 4.90 Å². The highest BCUT2D eigenvalue weighted by Crippen LogP contribution is 2.48. The first-order chi connectivity index (χ1) is 19.7. The number of aliphatic imine (C=N–C) groups is 1. The van der Waals surface area contributed by atoms with Crippen LogP contribution >= 0.6 is 34.2 Å². The second-order valence-corrected chi connectivity index (χ2v) is 12.3. The van der Waals surface area contributed by atoms with Gasteiger partial charge in [0.15, 0.2) is 17.5 Å². The lowest BCUT2D eigenvalue weighted by Gasteiger charge is -2.39. The molecule has 0 aromatic heterocycles. The summed E-state index contributed by atoms with van der Waals surface area (Å²) in [6, 6.07) is 21.6. The zero-order chi connectivity index (χ0) is 28.9. The Morgan fingerprint density at radius 2 is 1.61 bits per heavy atom. The number of piperazine rings is 1. The fraction of sp³-hybridized carbons (Fsp3) is 0.242. The number of hydrogen-bond acceptors (Lipinski definition) is 3. The van der Waals surface area contributed by atoms with Gasteiger partial charge in [-0.1, -0.05) is 54.1 Å². The minimum Gasteiger partial charge on any atom is -0.367 e. The van der Waals surface area contributed by atoms with Crippen LogP contribution < -0.4 is 4.90 Å². The second kappa shape index (κ2) is 11.1. The predicted molar refractivity (Wildman–Crippen MR) is 170 cm³/mol. The summed E-state index contributed by atoms with van der Waals surface area (Å²) < 4.78 is 44.0. The van der Waals surface area contributed by atoms with Gasteiger partial charge >= 0.3 is 0 Å². The molecule has 210 valence electrons. The smallest absolute Gasteiger partial charge is 0.164 e. The van der Waals surface area contributed by atoms with Crippen molar-refractivity contribution in [2.75, 3.05) is 37.6 Å². The highest BCUT2D eigenvalue weighted by atomic mass is 127. The number of fused-ring (bicyclic) bond motifs is 1.